The molecular weight excluding hydrogens is 264 g/mol. The largest absolute Gasteiger partial charge is 0.298 e. The molecule has 4 nitrogen and oxygen atoms in total. The molecule has 0 fully saturated rings. The van der Waals surface area contributed by atoms with Crippen molar-refractivity contribution >= 4 is 12.6 Å². The first-order chi connectivity index (χ1) is 10.3. The molecule has 1 aromatic heterocycles. The molecular formula is C17H12N2O2. The van der Waals surface area contributed by atoms with Crippen LogP contribution in [0.4, 0.5) is 0 Å². The van der Waals surface area contributed by atoms with Gasteiger partial charge in [0.15, 0.2) is 12.6 Å². The summed E-state index contributed by atoms with van der Waals surface area (Å²) in [6.07, 6.45) is 4.89. The fourth-order valence-electron chi connectivity index (χ4n) is 2.33. The molecule has 3 rings (SSSR count). The normalized spacial score (nSPS) is 10.3. The van der Waals surface area contributed by atoms with E-state index >= 15 is 0 Å². The lowest BCUT2D eigenvalue weighted by molar-refractivity contribution is 0.112. The van der Waals surface area contributed by atoms with Gasteiger partial charge in [-0.2, -0.15) is 0 Å². The maximum atomic E-state index is 11.3. The molecule has 102 valence electrons. The minimum absolute atomic E-state index is 0.454. The molecule has 0 aliphatic carbocycles. The molecule has 1 heterocycles. The Kier molecular flexibility index (Phi) is 3.43. The topological polar surface area (TPSA) is 52.0 Å². The van der Waals surface area contributed by atoms with Gasteiger partial charge in [-0.05, 0) is 12.1 Å². The number of imidazole rings is 1. The van der Waals surface area contributed by atoms with Crippen molar-refractivity contribution in [2.75, 3.05) is 0 Å². The van der Waals surface area contributed by atoms with E-state index in [1.54, 1.807) is 35.2 Å². The molecule has 0 amide bonds. The number of aldehydes is 2. The maximum absolute atomic E-state index is 11.3. The molecule has 0 aliphatic heterocycles. The van der Waals surface area contributed by atoms with Gasteiger partial charge in [0.25, 0.3) is 0 Å². The van der Waals surface area contributed by atoms with Crippen LogP contribution in [0.1, 0.15) is 20.7 Å². The van der Waals surface area contributed by atoms with E-state index < -0.39 is 0 Å². The van der Waals surface area contributed by atoms with Gasteiger partial charge in [0, 0.05) is 29.1 Å². The SMILES string of the molecule is O=Cc1cccc(C=O)c1-n1ccnc1-c1ccccc1. The van der Waals surface area contributed by atoms with Crippen molar-refractivity contribution in [3.63, 3.8) is 0 Å². The summed E-state index contributed by atoms with van der Waals surface area (Å²) < 4.78 is 1.77. The van der Waals surface area contributed by atoms with Crippen LogP contribution >= 0.6 is 0 Å². The zero-order chi connectivity index (χ0) is 14.7. The van der Waals surface area contributed by atoms with Crippen molar-refractivity contribution in [1.82, 2.24) is 9.55 Å². The molecule has 0 saturated carbocycles. The number of benzene rings is 2. The lowest BCUT2D eigenvalue weighted by atomic mass is 10.1. The van der Waals surface area contributed by atoms with Crippen molar-refractivity contribution < 1.29 is 9.59 Å². The van der Waals surface area contributed by atoms with E-state index in [-0.39, 0.29) is 0 Å². The summed E-state index contributed by atoms with van der Waals surface area (Å²) in [5.41, 5.74) is 2.38. The number of carbonyl (C=O) groups excluding carboxylic acids is 2. The third-order valence-electron chi connectivity index (χ3n) is 3.27. The summed E-state index contributed by atoms with van der Waals surface area (Å²) in [7, 11) is 0. The van der Waals surface area contributed by atoms with Crippen molar-refractivity contribution in [2.24, 2.45) is 0 Å². The lowest BCUT2D eigenvalue weighted by Gasteiger charge is -2.12. The lowest BCUT2D eigenvalue weighted by Crippen LogP contribution is -2.04. The molecule has 0 saturated heterocycles. The highest BCUT2D eigenvalue weighted by molar-refractivity contribution is 5.91. The third-order valence-corrected chi connectivity index (χ3v) is 3.27. The van der Waals surface area contributed by atoms with Gasteiger partial charge in [-0.3, -0.25) is 14.2 Å². The van der Waals surface area contributed by atoms with Gasteiger partial charge in [-0.1, -0.05) is 36.4 Å². The number of aromatic nitrogens is 2. The van der Waals surface area contributed by atoms with E-state index in [4.69, 9.17) is 0 Å². The van der Waals surface area contributed by atoms with Gasteiger partial charge in [0.05, 0.1) is 5.69 Å². The summed E-state index contributed by atoms with van der Waals surface area (Å²) in [6, 6.07) is 14.7. The van der Waals surface area contributed by atoms with Crippen LogP contribution in [0.2, 0.25) is 0 Å². The summed E-state index contributed by atoms with van der Waals surface area (Å²) in [4.78, 5) is 26.9. The highest BCUT2D eigenvalue weighted by Gasteiger charge is 2.14. The molecule has 0 aliphatic rings. The minimum Gasteiger partial charge on any atom is -0.298 e. The van der Waals surface area contributed by atoms with Crippen molar-refractivity contribution in [1.29, 1.82) is 0 Å². The fourth-order valence-corrected chi connectivity index (χ4v) is 2.33. The van der Waals surface area contributed by atoms with Gasteiger partial charge in [0.1, 0.15) is 5.82 Å². The Hall–Kier alpha value is -3.01. The van der Waals surface area contributed by atoms with Crippen LogP contribution in [0.25, 0.3) is 17.1 Å². The zero-order valence-corrected chi connectivity index (χ0v) is 11.1. The number of carbonyl (C=O) groups is 2. The Morgan fingerprint density at radius 2 is 1.52 bits per heavy atom. The standard InChI is InChI=1S/C17H12N2O2/c20-11-14-7-4-8-15(12-21)16(14)19-10-9-18-17(19)13-5-2-1-3-6-13/h1-12H. The van der Waals surface area contributed by atoms with E-state index in [0.29, 0.717) is 22.6 Å². The molecule has 0 spiro atoms. The number of hydrogen-bond acceptors (Lipinski definition) is 3. The summed E-state index contributed by atoms with van der Waals surface area (Å²) in [6.45, 7) is 0. The van der Waals surface area contributed by atoms with Crippen LogP contribution in [-0.2, 0) is 0 Å². The Labute approximate surface area is 121 Å². The minimum atomic E-state index is 0.454. The molecule has 21 heavy (non-hydrogen) atoms. The van der Waals surface area contributed by atoms with Crippen molar-refractivity contribution in [2.45, 2.75) is 0 Å². The summed E-state index contributed by atoms with van der Waals surface area (Å²) in [5.74, 6) is 0.688. The summed E-state index contributed by atoms with van der Waals surface area (Å²) in [5, 5.41) is 0. The van der Waals surface area contributed by atoms with E-state index in [9.17, 15) is 9.59 Å². The van der Waals surface area contributed by atoms with E-state index in [1.807, 2.05) is 30.3 Å². The Balaban J connectivity index is 2.26. The van der Waals surface area contributed by atoms with E-state index in [1.165, 1.54) is 0 Å². The predicted octanol–water partition coefficient (Wildman–Crippen LogP) is 3.16. The Bertz CT molecular complexity index is 765. The molecule has 0 atom stereocenters. The van der Waals surface area contributed by atoms with Gasteiger partial charge in [-0.15, -0.1) is 0 Å². The van der Waals surface area contributed by atoms with Crippen LogP contribution in [0.5, 0.6) is 0 Å². The van der Waals surface area contributed by atoms with Crippen LogP contribution in [-0.4, -0.2) is 22.1 Å². The highest BCUT2D eigenvalue weighted by atomic mass is 16.1. The third kappa shape index (κ3) is 2.27. The molecule has 0 bridgehead atoms. The Morgan fingerprint density at radius 3 is 2.14 bits per heavy atom. The van der Waals surface area contributed by atoms with E-state index in [2.05, 4.69) is 4.98 Å². The Morgan fingerprint density at radius 1 is 0.857 bits per heavy atom. The first-order valence-electron chi connectivity index (χ1n) is 6.47. The average Bonchev–Trinajstić information content (AvgIpc) is 3.04. The van der Waals surface area contributed by atoms with Crippen molar-refractivity contribution in [3.8, 4) is 17.1 Å². The van der Waals surface area contributed by atoms with Crippen LogP contribution in [0, 0.1) is 0 Å². The van der Waals surface area contributed by atoms with Crippen LogP contribution < -0.4 is 0 Å². The molecule has 0 radical (unpaired) electrons. The van der Waals surface area contributed by atoms with E-state index in [0.717, 1.165) is 18.1 Å². The van der Waals surface area contributed by atoms with Gasteiger partial charge in [-0.25, -0.2) is 4.98 Å². The van der Waals surface area contributed by atoms with Gasteiger partial charge < -0.3 is 0 Å². The van der Waals surface area contributed by atoms with Crippen molar-refractivity contribution in [3.05, 3.63) is 72.1 Å². The van der Waals surface area contributed by atoms with Crippen LogP contribution in [0.15, 0.2) is 60.9 Å². The molecule has 0 N–H and O–H groups in total. The molecule has 0 unspecified atom stereocenters. The second-order valence-corrected chi connectivity index (χ2v) is 4.51. The second kappa shape index (κ2) is 5.54. The first kappa shape index (κ1) is 13.0. The first-order valence-corrected chi connectivity index (χ1v) is 6.47. The highest BCUT2D eigenvalue weighted by Crippen LogP contribution is 2.25. The summed E-state index contributed by atoms with van der Waals surface area (Å²) >= 11 is 0. The van der Waals surface area contributed by atoms with Gasteiger partial charge in [0.2, 0.25) is 0 Å². The second-order valence-electron chi connectivity index (χ2n) is 4.51. The zero-order valence-electron chi connectivity index (χ0n) is 11.1. The molecule has 4 heteroatoms. The van der Waals surface area contributed by atoms with Crippen LogP contribution in [0.3, 0.4) is 0 Å². The monoisotopic (exact) mass is 276 g/mol. The number of rotatable bonds is 4. The number of hydrogen-bond donors (Lipinski definition) is 0. The average molecular weight is 276 g/mol. The number of para-hydroxylation sites is 1. The predicted molar refractivity (Wildman–Crippen MR) is 79.8 cm³/mol. The van der Waals surface area contributed by atoms with Gasteiger partial charge >= 0.3 is 0 Å². The molecule has 2 aromatic carbocycles. The fraction of sp³-hybridized carbons (Fsp3) is 0. The molecule has 3 aromatic rings. The smallest absolute Gasteiger partial charge is 0.152 e. The quantitative estimate of drug-likeness (QED) is 0.688. The number of nitrogens with zero attached hydrogens (tertiary/aromatic N) is 2. The maximum Gasteiger partial charge on any atom is 0.152 e.